The van der Waals surface area contributed by atoms with E-state index in [-0.39, 0.29) is 0 Å². The molecule has 0 atom stereocenters. The summed E-state index contributed by atoms with van der Waals surface area (Å²) in [6, 6.07) is 43.6. The fourth-order valence-electron chi connectivity index (χ4n) is 4.65. The first-order valence-corrected chi connectivity index (χ1v) is 11.0. The van der Waals surface area contributed by atoms with Crippen LogP contribution in [0.3, 0.4) is 0 Å². The Bertz CT molecular complexity index is 1540. The lowest BCUT2D eigenvalue weighted by Gasteiger charge is -2.10. The number of hydrogen-bond donors (Lipinski definition) is 0. The summed E-state index contributed by atoms with van der Waals surface area (Å²) in [5.74, 6) is 0. The van der Waals surface area contributed by atoms with Crippen LogP contribution in [-0.2, 0) is 0 Å². The molecule has 1 nitrogen and oxygen atoms in total. The van der Waals surface area contributed by atoms with Crippen LogP contribution in [0.2, 0.25) is 0 Å². The summed E-state index contributed by atoms with van der Waals surface area (Å²) < 4.78 is 2.37. The molecule has 0 amide bonds. The van der Waals surface area contributed by atoms with E-state index in [0.717, 1.165) is 0 Å². The number of rotatable bonds is 3. The first kappa shape index (κ1) is 18.7. The van der Waals surface area contributed by atoms with Crippen LogP contribution in [0.5, 0.6) is 0 Å². The van der Waals surface area contributed by atoms with Crippen LogP contribution in [0, 0.1) is 6.92 Å². The molecular formula is C31H23N. The van der Waals surface area contributed by atoms with Crippen molar-refractivity contribution in [2.24, 2.45) is 0 Å². The van der Waals surface area contributed by atoms with Crippen molar-refractivity contribution in [2.45, 2.75) is 6.92 Å². The average molecular weight is 410 g/mol. The fourth-order valence-corrected chi connectivity index (χ4v) is 4.65. The lowest BCUT2D eigenvalue weighted by atomic mass is 10.0. The molecule has 152 valence electrons. The van der Waals surface area contributed by atoms with Gasteiger partial charge >= 0.3 is 0 Å². The predicted molar refractivity (Wildman–Crippen MR) is 136 cm³/mol. The number of benzene rings is 5. The van der Waals surface area contributed by atoms with Gasteiger partial charge in [-0.15, -0.1) is 0 Å². The van der Waals surface area contributed by atoms with Crippen molar-refractivity contribution in [1.29, 1.82) is 0 Å². The quantitative estimate of drug-likeness (QED) is 0.276. The van der Waals surface area contributed by atoms with E-state index in [1.54, 1.807) is 0 Å². The molecule has 0 fully saturated rings. The summed E-state index contributed by atoms with van der Waals surface area (Å²) in [5.41, 5.74) is 9.91. The van der Waals surface area contributed by atoms with Crippen molar-refractivity contribution in [1.82, 2.24) is 4.57 Å². The Morgan fingerprint density at radius 2 is 0.969 bits per heavy atom. The van der Waals surface area contributed by atoms with Gasteiger partial charge in [0.25, 0.3) is 0 Å². The van der Waals surface area contributed by atoms with Crippen molar-refractivity contribution < 1.29 is 0 Å². The number of hydrogen-bond acceptors (Lipinski definition) is 0. The van der Waals surface area contributed by atoms with Gasteiger partial charge in [0.05, 0.1) is 11.0 Å². The summed E-state index contributed by atoms with van der Waals surface area (Å²) in [5, 5.41) is 2.60. The molecule has 0 aliphatic heterocycles. The first-order valence-electron chi connectivity index (χ1n) is 11.0. The van der Waals surface area contributed by atoms with Crippen molar-refractivity contribution in [3.63, 3.8) is 0 Å². The summed E-state index contributed by atoms with van der Waals surface area (Å²) in [7, 11) is 0. The molecule has 0 N–H and O–H groups in total. The molecule has 0 radical (unpaired) electrons. The minimum Gasteiger partial charge on any atom is -0.309 e. The van der Waals surface area contributed by atoms with Crippen molar-refractivity contribution in [2.75, 3.05) is 0 Å². The van der Waals surface area contributed by atoms with Gasteiger partial charge in [0.2, 0.25) is 0 Å². The third-order valence-electron chi connectivity index (χ3n) is 6.28. The molecule has 0 saturated carbocycles. The fraction of sp³-hybridized carbons (Fsp3) is 0.0323. The lowest BCUT2D eigenvalue weighted by molar-refractivity contribution is 1.18. The van der Waals surface area contributed by atoms with Gasteiger partial charge in [-0.1, -0.05) is 96.6 Å². The summed E-state index contributed by atoms with van der Waals surface area (Å²) in [4.78, 5) is 0. The van der Waals surface area contributed by atoms with Crippen molar-refractivity contribution in [3.8, 4) is 27.9 Å². The number of aromatic nitrogens is 1. The van der Waals surface area contributed by atoms with Crippen molar-refractivity contribution in [3.05, 3.63) is 127 Å². The number of aryl methyl sites for hydroxylation is 1. The van der Waals surface area contributed by atoms with E-state index < -0.39 is 0 Å². The minimum absolute atomic E-state index is 1.18. The van der Waals surface area contributed by atoms with Gasteiger partial charge < -0.3 is 4.57 Å². The van der Waals surface area contributed by atoms with Crippen LogP contribution >= 0.6 is 0 Å². The average Bonchev–Trinajstić information content (AvgIpc) is 3.18. The zero-order chi connectivity index (χ0) is 21.5. The van der Waals surface area contributed by atoms with E-state index in [4.69, 9.17) is 0 Å². The van der Waals surface area contributed by atoms with E-state index in [1.807, 2.05) is 0 Å². The van der Waals surface area contributed by atoms with E-state index in [0.29, 0.717) is 0 Å². The topological polar surface area (TPSA) is 4.93 Å². The molecule has 0 spiro atoms. The first-order chi connectivity index (χ1) is 15.8. The Labute approximate surface area is 188 Å². The van der Waals surface area contributed by atoms with Crippen molar-refractivity contribution >= 4 is 21.8 Å². The summed E-state index contributed by atoms with van der Waals surface area (Å²) in [6.45, 7) is 2.16. The Kier molecular flexibility index (Phi) is 4.40. The molecule has 1 heteroatoms. The molecular weight excluding hydrogens is 386 g/mol. The van der Waals surface area contributed by atoms with Gasteiger partial charge in [-0.3, -0.25) is 0 Å². The Morgan fingerprint density at radius 3 is 1.66 bits per heavy atom. The second kappa shape index (κ2) is 7.55. The molecule has 0 aliphatic carbocycles. The van der Waals surface area contributed by atoms with Crippen LogP contribution in [0.15, 0.2) is 121 Å². The van der Waals surface area contributed by atoms with Crippen LogP contribution in [-0.4, -0.2) is 4.57 Å². The highest BCUT2D eigenvalue weighted by molar-refractivity contribution is 6.09. The van der Waals surface area contributed by atoms with Crippen LogP contribution in [0.25, 0.3) is 49.7 Å². The second-order valence-electron chi connectivity index (χ2n) is 8.36. The molecule has 0 unspecified atom stereocenters. The third kappa shape index (κ3) is 3.11. The monoisotopic (exact) mass is 409 g/mol. The Hall–Kier alpha value is -4.10. The standard InChI is InChI=1S/C31H23N/c1-22-11-20-31-29(21-22)28-9-5-6-10-30(28)32(31)27-18-16-26(17-19-27)25-14-12-24(13-15-25)23-7-3-2-4-8-23/h2-21H,1H3. The number of para-hydroxylation sites is 1. The smallest absolute Gasteiger partial charge is 0.0541 e. The highest BCUT2D eigenvalue weighted by Gasteiger charge is 2.12. The maximum Gasteiger partial charge on any atom is 0.0541 e. The van der Waals surface area contributed by atoms with E-state index >= 15 is 0 Å². The Balaban J connectivity index is 1.40. The maximum atomic E-state index is 2.37. The third-order valence-corrected chi connectivity index (χ3v) is 6.28. The number of fused-ring (bicyclic) bond motifs is 3. The molecule has 6 rings (SSSR count). The summed E-state index contributed by atoms with van der Waals surface area (Å²) in [6.07, 6.45) is 0. The largest absolute Gasteiger partial charge is 0.309 e. The second-order valence-corrected chi connectivity index (χ2v) is 8.36. The zero-order valence-corrected chi connectivity index (χ0v) is 18.0. The Morgan fingerprint density at radius 1 is 0.438 bits per heavy atom. The number of nitrogens with zero attached hydrogens (tertiary/aromatic N) is 1. The van der Waals surface area contributed by atoms with Gasteiger partial charge in [-0.05, 0) is 59.5 Å². The molecule has 1 aromatic heterocycles. The van der Waals surface area contributed by atoms with Gasteiger partial charge in [-0.25, -0.2) is 0 Å². The van der Waals surface area contributed by atoms with Gasteiger partial charge in [0, 0.05) is 16.5 Å². The summed E-state index contributed by atoms with van der Waals surface area (Å²) >= 11 is 0. The SMILES string of the molecule is Cc1ccc2c(c1)c1ccccc1n2-c1ccc(-c2ccc(-c3ccccc3)cc2)cc1. The van der Waals surface area contributed by atoms with Gasteiger partial charge in [-0.2, -0.15) is 0 Å². The molecule has 5 aromatic carbocycles. The van der Waals surface area contributed by atoms with Crippen LogP contribution in [0.1, 0.15) is 5.56 Å². The highest BCUT2D eigenvalue weighted by atomic mass is 15.0. The van der Waals surface area contributed by atoms with E-state index in [9.17, 15) is 0 Å². The van der Waals surface area contributed by atoms with E-state index in [1.165, 1.54) is 55.3 Å². The van der Waals surface area contributed by atoms with Crippen LogP contribution < -0.4 is 0 Å². The zero-order valence-electron chi connectivity index (χ0n) is 18.0. The minimum atomic E-state index is 1.18. The van der Waals surface area contributed by atoms with E-state index in [2.05, 4.69) is 133 Å². The molecule has 0 aliphatic rings. The molecule has 32 heavy (non-hydrogen) atoms. The lowest BCUT2D eigenvalue weighted by Crippen LogP contribution is -1.93. The van der Waals surface area contributed by atoms with Gasteiger partial charge in [0.15, 0.2) is 0 Å². The molecule has 6 aromatic rings. The molecule has 1 heterocycles. The molecule has 0 saturated heterocycles. The maximum absolute atomic E-state index is 2.37. The van der Waals surface area contributed by atoms with Crippen LogP contribution in [0.4, 0.5) is 0 Å². The van der Waals surface area contributed by atoms with Gasteiger partial charge in [0.1, 0.15) is 0 Å². The normalized spacial score (nSPS) is 11.3. The predicted octanol–water partition coefficient (Wildman–Crippen LogP) is 8.43. The molecule has 0 bridgehead atoms. The highest BCUT2D eigenvalue weighted by Crippen LogP contribution is 2.33.